The van der Waals surface area contributed by atoms with Crippen LogP contribution in [0, 0.1) is 10.1 Å². The van der Waals surface area contributed by atoms with Crippen molar-refractivity contribution in [1.82, 2.24) is 0 Å². The SMILES string of the molecule is COc1ccc2c(c1)C(C)=CC(C)(C)N2C(=O)c1sc2cc([N+](=O)[O-])ccc2c1Cl. The third-order valence-electron chi connectivity index (χ3n) is 5.24. The van der Waals surface area contributed by atoms with E-state index in [1.165, 1.54) is 23.5 Å². The summed E-state index contributed by atoms with van der Waals surface area (Å²) in [6, 6.07) is 10.0. The van der Waals surface area contributed by atoms with Crippen molar-refractivity contribution in [1.29, 1.82) is 0 Å². The Labute approximate surface area is 182 Å². The van der Waals surface area contributed by atoms with E-state index in [0.717, 1.165) is 16.8 Å². The van der Waals surface area contributed by atoms with Gasteiger partial charge >= 0.3 is 0 Å². The van der Waals surface area contributed by atoms with Crippen molar-refractivity contribution in [2.24, 2.45) is 0 Å². The molecule has 1 amide bonds. The van der Waals surface area contributed by atoms with Crippen LogP contribution in [-0.2, 0) is 0 Å². The molecule has 6 nitrogen and oxygen atoms in total. The Morgan fingerprint density at radius 1 is 1.23 bits per heavy atom. The van der Waals surface area contributed by atoms with Crippen molar-refractivity contribution in [2.75, 3.05) is 12.0 Å². The maximum absolute atomic E-state index is 13.7. The van der Waals surface area contributed by atoms with E-state index in [4.69, 9.17) is 16.3 Å². The molecule has 0 unspecified atom stereocenters. The summed E-state index contributed by atoms with van der Waals surface area (Å²) in [6.07, 6.45) is 2.04. The molecule has 1 aromatic heterocycles. The number of nitro benzene ring substituents is 1. The number of ether oxygens (including phenoxy) is 1. The highest BCUT2D eigenvalue weighted by Gasteiger charge is 2.38. The number of nitro groups is 1. The summed E-state index contributed by atoms with van der Waals surface area (Å²) in [5.74, 6) is 0.463. The third-order valence-corrected chi connectivity index (χ3v) is 6.88. The van der Waals surface area contributed by atoms with Crippen LogP contribution in [0.15, 0.2) is 42.5 Å². The lowest BCUT2D eigenvalue weighted by Gasteiger charge is -2.41. The van der Waals surface area contributed by atoms with E-state index in [0.29, 0.717) is 25.7 Å². The fourth-order valence-electron chi connectivity index (χ4n) is 3.91. The molecule has 0 saturated heterocycles. The molecular formula is C22H19ClN2O4S. The van der Waals surface area contributed by atoms with Gasteiger partial charge in [0.25, 0.3) is 11.6 Å². The summed E-state index contributed by atoms with van der Waals surface area (Å²) in [4.78, 5) is 26.4. The van der Waals surface area contributed by atoms with E-state index in [1.807, 2.05) is 45.0 Å². The molecule has 2 aromatic carbocycles. The molecule has 0 atom stereocenters. The van der Waals surface area contributed by atoms with Crippen molar-refractivity contribution >= 4 is 55.9 Å². The average Bonchev–Trinajstić information content (AvgIpc) is 3.03. The number of methoxy groups -OCH3 is 1. The van der Waals surface area contributed by atoms with Crippen LogP contribution in [0.25, 0.3) is 15.7 Å². The van der Waals surface area contributed by atoms with Gasteiger partial charge in [-0.15, -0.1) is 11.3 Å². The molecule has 0 radical (unpaired) electrons. The first-order valence-corrected chi connectivity index (χ1v) is 10.4. The van der Waals surface area contributed by atoms with E-state index in [1.54, 1.807) is 18.1 Å². The van der Waals surface area contributed by atoms with E-state index in [2.05, 4.69) is 0 Å². The third kappa shape index (κ3) is 3.14. The van der Waals surface area contributed by atoms with Crippen LogP contribution in [0.3, 0.4) is 0 Å². The molecule has 2 heterocycles. The molecule has 1 aliphatic rings. The van der Waals surface area contributed by atoms with Gasteiger partial charge in [0.1, 0.15) is 10.6 Å². The number of hydrogen-bond acceptors (Lipinski definition) is 5. The lowest BCUT2D eigenvalue weighted by Crippen LogP contribution is -2.48. The number of carbonyl (C=O) groups excluding carboxylic acids is 1. The monoisotopic (exact) mass is 442 g/mol. The van der Waals surface area contributed by atoms with Crippen LogP contribution in [0.4, 0.5) is 11.4 Å². The minimum absolute atomic E-state index is 0.0336. The number of amides is 1. The topological polar surface area (TPSA) is 72.7 Å². The van der Waals surface area contributed by atoms with Crippen LogP contribution in [-0.4, -0.2) is 23.5 Å². The van der Waals surface area contributed by atoms with Gasteiger partial charge in [-0.1, -0.05) is 17.7 Å². The van der Waals surface area contributed by atoms with Crippen LogP contribution in [0.1, 0.15) is 36.0 Å². The second-order valence-corrected chi connectivity index (χ2v) is 9.12. The van der Waals surface area contributed by atoms with Gasteiger partial charge in [0.05, 0.1) is 28.3 Å². The number of carbonyl (C=O) groups is 1. The Bertz CT molecular complexity index is 1250. The van der Waals surface area contributed by atoms with Gasteiger partial charge in [0.15, 0.2) is 0 Å². The normalized spacial score (nSPS) is 15.0. The lowest BCUT2D eigenvalue weighted by atomic mass is 9.88. The molecule has 0 N–H and O–H groups in total. The first-order valence-electron chi connectivity index (χ1n) is 9.23. The maximum atomic E-state index is 13.7. The van der Waals surface area contributed by atoms with Crippen LogP contribution in [0.2, 0.25) is 5.02 Å². The van der Waals surface area contributed by atoms with E-state index < -0.39 is 10.5 Å². The molecule has 30 heavy (non-hydrogen) atoms. The molecule has 0 spiro atoms. The zero-order valence-electron chi connectivity index (χ0n) is 16.9. The van der Waals surface area contributed by atoms with Gasteiger partial charge in [-0.3, -0.25) is 19.8 Å². The summed E-state index contributed by atoms with van der Waals surface area (Å²) in [6.45, 7) is 5.94. The highest BCUT2D eigenvalue weighted by Crippen LogP contribution is 2.44. The number of benzene rings is 2. The summed E-state index contributed by atoms with van der Waals surface area (Å²) in [7, 11) is 1.60. The van der Waals surface area contributed by atoms with Gasteiger partial charge in [-0.25, -0.2) is 0 Å². The van der Waals surface area contributed by atoms with Crippen molar-refractivity contribution in [2.45, 2.75) is 26.3 Å². The van der Waals surface area contributed by atoms with E-state index >= 15 is 0 Å². The molecular weight excluding hydrogens is 424 g/mol. The summed E-state index contributed by atoms with van der Waals surface area (Å²) in [5.41, 5.74) is 2.11. The van der Waals surface area contributed by atoms with Gasteiger partial charge in [-0.05, 0) is 50.6 Å². The fraction of sp³-hybridized carbons (Fsp3) is 0.227. The second-order valence-electron chi connectivity index (χ2n) is 7.69. The number of nitrogens with zero attached hydrogens (tertiary/aromatic N) is 2. The van der Waals surface area contributed by atoms with Crippen molar-refractivity contribution < 1.29 is 14.5 Å². The molecule has 0 aliphatic carbocycles. The number of non-ortho nitro benzene ring substituents is 1. The van der Waals surface area contributed by atoms with E-state index in [-0.39, 0.29) is 11.6 Å². The molecule has 4 rings (SSSR count). The standard InChI is InChI=1S/C22H19ClN2O4S/c1-12-11-22(2,3)24(17-8-6-14(29-4)10-16(12)17)21(26)20-19(23)15-7-5-13(25(27)28)9-18(15)30-20/h5-11H,1-4H3. The molecule has 0 bridgehead atoms. The van der Waals surface area contributed by atoms with Crippen molar-refractivity contribution in [3.63, 3.8) is 0 Å². The van der Waals surface area contributed by atoms with Crippen LogP contribution < -0.4 is 9.64 Å². The first-order chi connectivity index (χ1) is 14.1. The first kappa shape index (κ1) is 20.4. The predicted octanol–water partition coefficient (Wildman–Crippen LogP) is 6.31. The zero-order valence-corrected chi connectivity index (χ0v) is 18.4. The average molecular weight is 443 g/mol. The number of halogens is 1. The molecule has 154 valence electrons. The number of anilines is 1. The van der Waals surface area contributed by atoms with Crippen molar-refractivity contribution in [3.8, 4) is 5.75 Å². The number of allylic oxidation sites excluding steroid dienone is 1. The smallest absolute Gasteiger partial charge is 0.270 e. The number of hydrogen-bond donors (Lipinski definition) is 0. The molecule has 0 fully saturated rings. The molecule has 3 aromatic rings. The summed E-state index contributed by atoms with van der Waals surface area (Å²) in [5, 5.41) is 12.1. The highest BCUT2D eigenvalue weighted by molar-refractivity contribution is 7.21. The Morgan fingerprint density at radius 3 is 2.63 bits per heavy atom. The quantitative estimate of drug-likeness (QED) is 0.351. The lowest BCUT2D eigenvalue weighted by molar-refractivity contribution is -0.384. The van der Waals surface area contributed by atoms with Gasteiger partial charge in [0.2, 0.25) is 0 Å². The zero-order chi connectivity index (χ0) is 21.8. The van der Waals surface area contributed by atoms with Crippen LogP contribution >= 0.6 is 22.9 Å². The maximum Gasteiger partial charge on any atom is 0.270 e. The number of rotatable bonds is 3. The van der Waals surface area contributed by atoms with Crippen molar-refractivity contribution in [3.05, 3.63) is 68.1 Å². The largest absolute Gasteiger partial charge is 0.497 e. The number of thiophene rings is 1. The Balaban J connectivity index is 1.87. The van der Waals surface area contributed by atoms with E-state index in [9.17, 15) is 14.9 Å². The Morgan fingerprint density at radius 2 is 1.97 bits per heavy atom. The minimum Gasteiger partial charge on any atom is -0.497 e. The van der Waals surface area contributed by atoms with Crippen LogP contribution in [0.5, 0.6) is 5.75 Å². The molecule has 8 heteroatoms. The second kappa shape index (κ2) is 7.11. The molecule has 0 saturated carbocycles. The predicted molar refractivity (Wildman–Crippen MR) is 121 cm³/mol. The molecule has 1 aliphatic heterocycles. The Hall–Kier alpha value is -2.90. The number of fused-ring (bicyclic) bond motifs is 2. The summed E-state index contributed by atoms with van der Waals surface area (Å²) >= 11 is 7.73. The van der Waals surface area contributed by atoms with Gasteiger partial charge < -0.3 is 4.74 Å². The minimum atomic E-state index is -0.589. The van der Waals surface area contributed by atoms with Gasteiger partial charge in [-0.2, -0.15) is 0 Å². The highest BCUT2D eigenvalue weighted by atomic mass is 35.5. The summed E-state index contributed by atoms with van der Waals surface area (Å²) < 4.78 is 5.95. The van der Waals surface area contributed by atoms with Gasteiger partial charge in [0, 0.05) is 27.8 Å². The Kier molecular flexibility index (Phi) is 4.83. The fourth-order valence-corrected chi connectivity index (χ4v) is 5.39.